The molecule has 0 aromatic heterocycles. The van der Waals surface area contributed by atoms with E-state index >= 15 is 0 Å². The number of nitrogens with one attached hydrogen (secondary N) is 2. The van der Waals surface area contributed by atoms with Crippen molar-refractivity contribution in [2.75, 3.05) is 5.32 Å². The van der Waals surface area contributed by atoms with Gasteiger partial charge in [-0.3, -0.25) is 4.79 Å². The number of halogens is 2. The second kappa shape index (κ2) is 8.70. The summed E-state index contributed by atoms with van der Waals surface area (Å²) >= 11 is 9.12. The van der Waals surface area contributed by atoms with Crippen LogP contribution in [0.4, 0.5) is 5.69 Å². The summed E-state index contributed by atoms with van der Waals surface area (Å²) in [6.45, 7) is 1.91. The van der Waals surface area contributed by atoms with E-state index < -0.39 is 6.04 Å². The third kappa shape index (κ3) is 4.97. The Morgan fingerprint density at radius 1 is 1.38 bits per heavy atom. The lowest BCUT2D eigenvalue weighted by Gasteiger charge is -2.16. The zero-order chi connectivity index (χ0) is 17.5. The van der Waals surface area contributed by atoms with Crippen LogP contribution >= 0.6 is 27.5 Å². The Morgan fingerprint density at radius 3 is 2.75 bits per heavy atom. The Kier molecular flexibility index (Phi) is 6.63. The van der Waals surface area contributed by atoms with Gasteiger partial charge in [0, 0.05) is 16.3 Å². The van der Waals surface area contributed by atoms with Gasteiger partial charge in [0.2, 0.25) is 0 Å². The maximum Gasteiger partial charge on any atom is 0.262 e. The number of phenolic OH excluding ortho intramolecular Hbond substituents is 1. The normalized spacial score (nSPS) is 12.1. The molecule has 5 nitrogen and oxygen atoms in total. The van der Waals surface area contributed by atoms with Crippen LogP contribution in [0.1, 0.15) is 18.9 Å². The van der Waals surface area contributed by atoms with Crippen LogP contribution in [0.5, 0.6) is 5.75 Å². The number of hydrazone groups is 1. The molecule has 0 saturated heterocycles. The zero-order valence-electron chi connectivity index (χ0n) is 13.0. The topological polar surface area (TPSA) is 73.7 Å². The molecule has 0 aliphatic carbocycles. The Bertz CT molecular complexity index is 738. The third-order valence-electron chi connectivity index (χ3n) is 3.28. The smallest absolute Gasteiger partial charge is 0.262 e. The lowest BCUT2D eigenvalue weighted by molar-refractivity contribution is -0.121. The molecule has 3 N–H and O–H groups in total. The van der Waals surface area contributed by atoms with E-state index in [2.05, 4.69) is 31.8 Å². The van der Waals surface area contributed by atoms with Crippen LogP contribution in [0, 0.1) is 0 Å². The molecule has 1 atom stereocenters. The molecular weight excluding hydrogens is 394 g/mol. The van der Waals surface area contributed by atoms with Gasteiger partial charge in [-0.15, -0.1) is 0 Å². The quantitative estimate of drug-likeness (QED) is 0.495. The molecule has 24 heavy (non-hydrogen) atoms. The average molecular weight is 411 g/mol. The summed E-state index contributed by atoms with van der Waals surface area (Å²) in [5.41, 5.74) is 3.73. The number of rotatable bonds is 6. The molecule has 2 aromatic carbocycles. The van der Waals surface area contributed by atoms with Crippen LogP contribution in [-0.4, -0.2) is 23.3 Å². The number of hydrogen-bond donors (Lipinski definition) is 3. The first-order chi connectivity index (χ1) is 11.5. The molecule has 0 spiro atoms. The van der Waals surface area contributed by atoms with Gasteiger partial charge < -0.3 is 10.4 Å². The van der Waals surface area contributed by atoms with Crippen molar-refractivity contribution in [3.63, 3.8) is 0 Å². The Hall–Kier alpha value is -2.05. The summed E-state index contributed by atoms with van der Waals surface area (Å²) in [5, 5.41) is 17.4. The first kappa shape index (κ1) is 18.3. The molecule has 1 amide bonds. The van der Waals surface area contributed by atoms with E-state index in [1.807, 2.05) is 37.3 Å². The van der Waals surface area contributed by atoms with E-state index in [0.717, 1.165) is 5.69 Å². The van der Waals surface area contributed by atoms with Crippen LogP contribution in [0.3, 0.4) is 0 Å². The number of carbonyl (C=O) groups is 1. The summed E-state index contributed by atoms with van der Waals surface area (Å²) in [6, 6.07) is 12.2. The van der Waals surface area contributed by atoms with Gasteiger partial charge in [0.1, 0.15) is 11.8 Å². The SMILES string of the molecule is CC[C@H](Nc1ccccc1)C(=O)N/N=C/c1cc(Cl)cc(Br)c1O. The van der Waals surface area contributed by atoms with Crippen molar-refractivity contribution in [2.45, 2.75) is 19.4 Å². The van der Waals surface area contributed by atoms with Gasteiger partial charge >= 0.3 is 0 Å². The molecule has 0 heterocycles. The zero-order valence-corrected chi connectivity index (χ0v) is 15.3. The summed E-state index contributed by atoms with van der Waals surface area (Å²) in [4.78, 5) is 12.2. The van der Waals surface area contributed by atoms with E-state index in [1.165, 1.54) is 6.21 Å². The Labute approximate surface area is 153 Å². The van der Waals surface area contributed by atoms with Gasteiger partial charge in [-0.1, -0.05) is 36.7 Å². The third-order valence-corrected chi connectivity index (χ3v) is 4.10. The highest BCUT2D eigenvalue weighted by Gasteiger charge is 2.15. The van der Waals surface area contributed by atoms with Crippen LogP contribution in [0.2, 0.25) is 5.02 Å². The van der Waals surface area contributed by atoms with E-state index in [4.69, 9.17) is 11.6 Å². The van der Waals surface area contributed by atoms with Crippen molar-refractivity contribution in [3.8, 4) is 5.75 Å². The van der Waals surface area contributed by atoms with Gasteiger partial charge in [-0.05, 0) is 46.6 Å². The number of aromatic hydroxyl groups is 1. The van der Waals surface area contributed by atoms with Crippen LogP contribution < -0.4 is 10.7 Å². The fourth-order valence-corrected chi connectivity index (χ4v) is 2.85. The van der Waals surface area contributed by atoms with Gasteiger partial charge in [-0.25, -0.2) is 5.43 Å². The monoisotopic (exact) mass is 409 g/mol. The van der Waals surface area contributed by atoms with Crippen molar-refractivity contribution < 1.29 is 9.90 Å². The highest BCUT2D eigenvalue weighted by atomic mass is 79.9. The van der Waals surface area contributed by atoms with Gasteiger partial charge in [-0.2, -0.15) is 5.10 Å². The first-order valence-electron chi connectivity index (χ1n) is 7.33. The fraction of sp³-hybridized carbons (Fsp3) is 0.176. The summed E-state index contributed by atoms with van der Waals surface area (Å²) in [5.74, 6) is -0.259. The molecule has 0 unspecified atom stereocenters. The molecule has 0 radical (unpaired) electrons. The number of para-hydroxylation sites is 1. The summed E-state index contributed by atoms with van der Waals surface area (Å²) in [7, 11) is 0. The minimum atomic E-state index is -0.413. The fourth-order valence-electron chi connectivity index (χ4n) is 2.02. The number of benzene rings is 2. The lowest BCUT2D eigenvalue weighted by Crippen LogP contribution is -2.36. The predicted molar refractivity (Wildman–Crippen MR) is 101 cm³/mol. The number of phenols is 1. The highest BCUT2D eigenvalue weighted by molar-refractivity contribution is 9.10. The average Bonchev–Trinajstić information content (AvgIpc) is 2.57. The molecule has 7 heteroatoms. The lowest BCUT2D eigenvalue weighted by atomic mass is 10.2. The maximum atomic E-state index is 12.2. The predicted octanol–water partition coefficient (Wildman–Crippen LogP) is 4.15. The molecule has 0 fully saturated rings. The second-order valence-corrected chi connectivity index (χ2v) is 6.32. The van der Waals surface area contributed by atoms with Crippen molar-refractivity contribution in [1.82, 2.24) is 5.43 Å². The molecule has 0 saturated carbocycles. The van der Waals surface area contributed by atoms with Crippen molar-refractivity contribution in [1.29, 1.82) is 0 Å². The van der Waals surface area contributed by atoms with Gasteiger partial charge in [0.25, 0.3) is 5.91 Å². The van der Waals surface area contributed by atoms with Crippen LogP contribution in [0.15, 0.2) is 52.0 Å². The molecular formula is C17H17BrClN3O2. The van der Waals surface area contributed by atoms with E-state index in [1.54, 1.807) is 12.1 Å². The summed E-state index contributed by atoms with van der Waals surface area (Å²) < 4.78 is 0.458. The number of amides is 1. The molecule has 2 aromatic rings. The van der Waals surface area contributed by atoms with Gasteiger partial charge in [0.15, 0.2) is 0 Å². The number of anilines is 1. The highest BCUT2D eigenvalue weighted by Crippen LogP contribution is 2.30. The Morgan fingerprint density at radius 2 is 2.08 bits per heavy atom. The first-order valence-corrected chi connectivity index (χ1v) is 8.51. The van der Waals surface area contributed by atoms with E-state index in [9.17, 15) is 9.90 Å². The molecule has 0 aliphatic rings. The summed E-state index contributed by atoms with van der Waals surface area (Å²) in [6.07, 6.45) is 1.95. The van der Waals surface area contributed by atoms with Crippen molar-refractivity contribution in [2.24, 2.45) is 5.10 Å². The van der Waals surface area contributed by atoms with Crippen molar-refractivity contribution >= 4 is 45.3 Å². The molecule has 2 rings (SSSR count). The van der Waals surface area contributed by atoms with E-state index in [0.29, 0.717) is 21.5 Å². The standard InChI is InChI=1S/C17H17BrClN3O2/c1-2-15(21-13-6-4-3-5-7-13)17(24)22-20-10-11-8-12(19)9-14(18)16(11)23/h3-10,15,21,23H,2H2,1H3,(H,22,24)/b20-10+/t15-/m0/s1. The van der Waals surface area contributed by atoms with Crippen LogP contribution in [0.25, 0.3) is 0 Å². The second-order valence-electron chi connectivity index (χ2n) is 5.03. The van der Waals surface area contributed by atoms with Crippen LogP contribution in [-0.2, 0) is 4.79 Å². The molecule has 0 aliphatic heterocycles. The minimum absolute atomic E-state index is 0.00634. The maximum absolute atomic E-state index is 12.2. The minimum Gasteiger partial charge on any atom is -0.506 e. The van der Waals surface area contributed by atoms with Gasteiger partial charge in [0.05, 0.1) is 10.7 Å². The number of carbonyl (C=O) groups excluding carboxylic acids is 1. The number of nitrogens with zero attached hydrogens (tertiary/aromatic N) is 1. The molecule has 126 valence electrons. The molecule has 0 bridgehead atoms. The largest absolute Gasteiger partial charge is 0.506 e. The Balaban J connectivity index is 2.01. The van der Waals surface area contributed by atoms with E-state index in [-0.39, 0.29) is 11.7 Å². The van der Waals surface area contributed by atoms with Crippen molar-refractivity contribution in [3.05, 3.63) is 57.5 Å². The number of hydrogen-bond acceptors (Lipinski definition) is 4.